The average molecular weight is 324 g/mol. The highest BCUT2D eigenvalue weighted by atomic mass is 32.2. The fourth-order valence-corrected chi connectivity index (χ4v) is 4.60. The van der Waals surface area contributed by atoms with E-state index in [0.29, 0.717) is 25.3 Å². The molecule has 1 aromatic carbocycles. The minimum atomic E-state index is -3.46. The van der Waals surface area contributed by atoms with Crippen molar-refractivity contribution in [1.82, 2.24) is 4.31 Å². The molecule has 0 spiro atoms. The van der Waals surface area contributed by atoms with Crippen LogP contribution < -0.4 is 4.90 Å². The molecule has 0 atom stereocenters. The Bertz CT molecular complexity index is 681. The Kier molecular flexibility index (Phi) is 4.20. The molecule has 0 unspecified atom stereocenters. The van der Waals surface area contributed by atoms with Crippen LogP contribution >= 0.6 is 0 Å². The Morgan fingerprint density at radius 2 is 1.95 bits per heavy atom. The topological polar surface area (TPSA) is 66.9 Å². The first-order valence-corrected chi connectivity index (χ1v) is 8.90. The number of anilines is 1. The van der Waals surface area contributed by atoms with Crippen molar-refractivity contribution in [2.24, 2.45) is 0 Å². The number of carbonyl (C=O) groups excluding carboxylic acids is 1. The molecule has 7 heteroatoms. The Balaban J connectivity index is 1.93. The monoisotopic (exact) mass is 324 g/mol. The molecule has 0 N–H and O–H groups in total. The number of rotatable bonds is 4. The number of nitrogens with zero attached hydrogens (tertiary/aromatic N) is 2. The first-order chi connectivity index (χ1) is 10.5. The summed E-state index contributed by atoms with van der Waals surface area (Å²) in [5, 5.41) is 0. The lowest BCUT2D eigenvalue weighted by molar-refractivity contribution is -0.122. The van der Waals surface area contributed by atoms with E-state index in [0.717, 1.165) is 24.8 Å². The third-order valence-electron chi connectivity index (χ3n) is 4.22. The highest BCUT2D eigenvalue weighted by Gasteiger charge is 2.30. The van der Waals surface area contributed by atoms with Gasteiger partial charge in [0.1, 0.15) is 6.61 Å². The summed E-state index contributed by atoms with van der Waals surface area (Å²) in [5.74, 6) is -0.142. The van der Waals surface area contributed by atoms with Gasteiger partial charge in [0.05, 0.1) is 4.90 Å². The number of carbonyl (C=O) groups is 1. The summed E-state index contributed by atoms with van der Waals surface area (Å²) < 4.78 is 31.7. The van der Waals surface area contributed by atoms with Crippen LogP contribution in [-0.2, 0) is 26.0 Å². The lowest BCUT2D eigenvalue weighted by Gasteiger charge is -2.19. The second-order valence-corrected chi connectivity index (χ2v) is 7.57. The maximum absolute atomic E-state index is 12.6. The Hall–Kier alpha value is -1.44. The van der Waals surface area contributed by atoms with Crippen LogP contribution in [0.15, 0.2) is 23.1 Å². The summed E-state index contributed by atoms with van der Waals surface area (Å²) >= 11 is 0. The number of hydrogen-bond acceptors (Lipinski definition) is 4. The van der Waals surface area contributed by atoms with Crippen LogP contribution in [0.1, 0.15) is 18.4 Å². The van der Waals surface area contributed by atoms with E-state index in [1.807, 2.05) is 6.07 Å². The molecule has 0 aromatic heterocycles. The largest absolute Gasteiger partial charge is 0.375 e. The highest BCUT2D eigenvalue weighted by Crippen LogP contribution is 2.32. The number of fused-ring (bicyclic) bond motifs is 1. The predicted octanol–water partition coefficient (Wildman–Crippen LogP) is 1.01. The molecule has 120 valence electrons. The molecule has 0 bridgehead atoms. The van der Waals surface area contributed by atoms with E-state index in [1.165, 1.54) is 11.4 Å². The van der Waals surface area contributed by atoms with E-state index >= 15 is 0 Å². The molecule has 0 radical (unpaired) electrons. The molecule has 0 aliphatic carbocycles. The fraction of sp³-hybridized carbons (Fsp3) is 0.533. The zero-order valence-corrected chi connectivity index (χ0v) is 13.4. The molecule has 6 nitrogen and oxygen atoms in total. The van der Waals surface area contributed by atoms with Crippen LogP contribution in [0.5, 0.6) is 0 Å². The summed E-state index contributed by atoms with van der Waals surface area (Å²) in [5.41, 5.74) is 1.70. The van der Waals surface area contributed by atoms with E-state index < -0.39 is 10.0 Å². The van der Waals surface area contributed by atoms with Crippen molar-refractivity contribution >= 4 is 21.6 Å². The van der Waals surface area contributed by atoms with Gasteiger partial charge < -0.3 is 9.64 Å². The fourth-order valence-electron chi connectivity index (χ4n) is 3.06. The van der Waals surface area contributed by atoms with Gasteiger partial charge >= 0.3 is 0 Å². The lowest BCUT2D eigenvalue weighted by Crippen LogP contribution is -2.32. The quantitative estimate of drug-likeness (QED) is 0.829. The summed E-state index contributed by atoms with van der Waals surface area (Å²) in [7, 11) is -1.98. The zero-order valence-electron chi connectivity index (χ0n) is 12.6. The van der Waals surface area contributed by atoms with E-state index in [-0.39, 0.29) is 17.4 Å². The normalized spacial score (nSPS) is 18.7. The van der Waals surface area contributed by atoms with Crippen molar-refractivity contribution in [1.29, 1.82) is 0 Å². The highest BCUT2D eigenvalue weighted by molar-refractivity contribution is 7.89. The van der Waals surface area contributed by atoms with Crippen LogP contribution in [-0.4, -0.2) is 52.0 Å². The molecule has 2 aliphatic heterocycles. The van der Waals surface area contributed by atoms with Crippen molar-refractivity contribution in [3.8, 4) is 0 Å². The van der Waals surface area contributed by atoms with Gasteiger partial charge in [-0.15, -0.1) is 0 Å². The van der Waals surface area contributed by atoms with Crippen LogP contribution in [0.25, 0.3) is 0 Å². The van der Waals surface area contributed by atoms with Gasteiger partial charge in [0.25, 0.3) is 5.91 Å². The minimum absolute atomic E-state index is 0.00252. The number of ether oxygens (including phenoxy) is 1. The van der Waals surface area contributed by atoms with E-state index in [4.69, 9.17) is 4.74 Å². The van der Waals surface area contributed by atoms with Crippen LogP contribution in [0.2, 0.25) is 0 Å². The van der Waals surface area contributed by atoms with Crippen molar-refractivity contribution in [2.45, 2.75) is 24.2 Å². The molecule has 22 heavy (non-hydrogen) atoms. The minimum Gasteiger partial charge on any atom is -0.375 e. The molecule has 2 aliphatic rings. The number of amides is 1. The van der Waals surface area contributed by atoms with Crippen molar-refractivity contribution in [3.05, 3.63) is 23.8 Å². The number of sulfonamides is 1. The van der Waals surface area contributed by atoms with Crippen LogP contribution in [0.3, 0.4) is 0 Å². The van der Waals surface area contributed by atoms with E-state index in [2.05, 4.69) is 0 Å². The smallest absolute Gasteiger partial charge is 0.252 e. The SMILES string of the molecule is COCC(=O)N1CCc2ccc(S(=O)(=O)N3CCCC3)cc21. The van der Waals surface area contributed by atoms with Gasteiger partial charge in [-0.2, -0.15) is 4.31 Å². The van der Waals surface area contributed by atoms with Crippen molar-refractivity contribution in [3.63, 3.8) is 0 Å². The average Bonchev–Trinajstić information content (AvgIpc) is 3.16. The maximum Gasteiger partial charge on any atom is 0.252 e. The lowest BCUT2D eigenvalue weighted by atomic mass is 10.2. The number of hydrogen-bond donors (Lipinski definition) is 0. The second-order valence-electron chi connectivity index (χ2n) is 5.63. The van der Waals surface area contributed by atoms with Gasteiger partial charge in [-0.1, -0.05) is 6.07 Å². The van der Waals surface area contributed by atoms with Gasteiger partial charge in [0.2, 0.25) is 10.0 Å². The molecular formula is C15H20N2O4S. The predicted molar refractivity (Wildman–Crippen MR) is 82.4 cm³/mol. The van der Waals surface area contributed by atoms with E-state index in [1.54, 1.807) is 17.0 Å². The molecule has 1 amide bonds. The van der Waals surface area contributed by atoms with Crippen LogP contribution in [0.4, 0.5) is 5.69 Å². The van der Waals surface area contributed by atoms with Gasteiger partial charge in [0, 0.05) is 32.4 Å². The van der Waals surface area contributed by atoms with Gasteiger partial charge in [-0.05, 0) is 37.0 Å². The third kappa shape index (κ3) is 2.64. The molecule has 3 rings (SSSR count). The molecule has 0 saturated carbocycles. The molecule has 1 aromatic rings. The standard InChI is InChI=1S/C15H20N2O4S/c1-21-11-15(18)17-9-6-12-4-5-13(10-14(12)17)22(19,20)16-7-2-3-8-16/h4-5,10H,2-3,6-9,11H2,1H3. The number of methoxy groups -OCH3 is 1. The van der Waals surface area contributed by atoms with E-state index in [9.17, 15) is 13.2 Å². The Morgan fingerprint density at radius 1 is 1.23 bits per heavy atom. The summed E-state index contributed by atoms with van der Waals surface area (Å²) in [6.07, 6.45) is 2.56. The van der Waals surface area contributed by atoms with Crippen molar-refractivity contribution in [2.75, 3.05) is 38.3 Å². The molecule has 1 saturated heterocycles. The maximum atomic E-state index is 12.6. The zero-order chi connectivity index (χ0) is 15.7. The summed E-state index contributed by atoms with van der Waals surface area (Å²) in [4.78, 5) is 13.9. The van der Waals surface area contributed by atoms with Gasteiger partial charge in [-0.3, -0.25) is 4.79 Å². The Morgan fingerprint density at radius 3 is 2.64 bits per heavy atom. The summed E-state index contributed by atoms with van der Waals surface area (Å²) in [6, 6.07) is 5.10. The summed E-state index contributed by atoms with van der Waals surface area (Å²) in [6.45, 7) is 1.73. The first kappa shape index (κ1) is 15.5. The molecular weight excluding hydrogens is 304 g/mol. The van der Waals surface area contributed by atoms with Gasteiger partial charge in [0.15, 0.2) is 0 Å². The first-order valence-electron chi connectivity index (χ1n) is 7.46. The third-order valence-corrected chi connectivity index (χ3v) is 6.12. The Labute approximate surface area is 130 Å². The second kappa shape index (κ2) is 5.98. The molecule has 2 heterocycles. The van der Waals surface area contributed by atoms with Crippen molar-refractivity contribution < 1.29 is 17.9 Å². The van der Waals surface area contributed by atoms with Crippen LogP contribution in [0, 0.1) is 0 Å². The van der Waals surface area contributed by atoms with Gasteiger partial charge in [-0.25, -0.2) is 8.42 Å². The number of benzene rings is 1. The molecule has 1 fully saturated rings.